The van der Waals surface area contributed by atoms with Gasteiger partial charge in [0.15, 0.2) is 0 Å². The first-order valence-corrected chi connectivity index (χ1v) is 7.30. The highest BCUT2D eigenvalue weighted by atomic mass is 19.4. The minimum Gasteiger partial charge on any atom is -0.321 e. The van der Waals surface area contributed by atoms with Crippen molar-refractivity contribution in [1.82, 2.24) is 14.8 Å². The predicted molar refractivity (Wildman–Crippen MR) is 85.5 cm³/mol. The van der Waals surface area contributed by atoms with Crippen molar-refractivity contribution in [2.75, 3.05) is 5.32 Å². The SMILES string of the molecule is Cc1ccc(C(=O)Nc2ccc(-n3cccn3)cc2C(F)(F)F)cn1. The van der Waals surface area contributed by atoms with Crippen LogP contribution < -0.4 is 5.32 Å². The van der Waals surface area contributed by atoms with Gasteiger partial charge >= 0.3 is 6.18 Å². The van der Waals surface area contributed by atoms with E-state index in [-0.39, 0.29) is 16.9 Å². The summed E-state index contributed by atoms with van der Waals surface area (Å²) in [4.78, 5) is 16.1. The summed E-state index contributed by atoms with van der Waals surface area (Å²) in [5.41, 5.74) is -0.152. The lowest BCUT2D eigenvalue weighted by molar-refractivity contribution is -0.136. The van der Waals surface area contributed by atoms with Gasteiger partial charge in [0.05, 0.1) is 22.5 Å². The molecule has 3 rings (SSSR count). The topological polar surface area (TPSA) is 59.8 Å². The summed E-state index contributed by atoms with van der Waals surface area (Å²) in [7, 11) is 0. The molecule has 0 bridgehead atoms. The first kappa shape index (κ1) is 16.7. The third-order valence-corrected chi connectivity index (χ3v) is 3.50. The van der Waals surface area contributed by atoms with Gasteiger partial charge < -0.3 is 5.32 Å². The van der Waals surface area contributed by atoms with Crippen molar-refractivity contribution in [3.8, 4) is 5.69 Å². The van der Waals surface area contributed by atoms with E-state index in [9.17, 15) is 18.0 Å². The predicted octanol–water partition coefficient (Wildman–Crippen LogP) is 3.85. The maximum Gasteiger partial charge on any atom is 0.418 e. The number of hydrogen-bond acceptors (Lipinski definition) is 3. The molecule has 1 aromatic carbocycles. The summed E-state index contributed by atoms with van der Waals surface area (Å²) in [5, 5.41) is 6.21. The molecule has 25 heavy (non-hydrogen) atoms. The average molecular weight is 346 g/mol. The molecular formula is C17H13F3N4O. The quantitative estimate of drug-likeness (QED) is 0.784. The van der Waals surface area contributed by atoms with E-state index in [0.29, 0.717) is 5.69 Å². The highest BCUT2D eigenvalue weighted by Crippen LogP contribution is 2.36. The Morgan fingerprint density at radius 2 is 2.00 bits per heavy atom. The van der Waals surface area contributed by atoms with Gasteiger partial charge in [-0.3, -0.25) is 9.78 Å². The molecule has 0 unspecified atom stereocenters. The number of alkyl halides is 3. The smallest absolute Gasteiger partial charge is 0.321 e. The van der Waals surface area contributed by atoms with Crippen LogP contribution in [0.4, 0.5) is 18.9 Å². The standard InChI is InChI=1S/C17H13F3N4O/c1-11-3-4-12(10-21-11)16(25)23-15-6-5-13(24-8-2-7-22-24)9-14(15)17(18,19)20/h2-10H,1H3,(H,23,25). The summed E-state index contributed by atoms with van der Waals surface area (Å²) >= 11 is 0. The molecule has 0 saturated heterocycles. The number of aromatic nitrogens is 3. The Labute approximate surface area is 141 Å². The fraction of sp³-hybridized carbons (Fsp3) is 0.118. The average Bonchev–Trinajstić information content (AvgIpc) is 3.09. The van der Waals surface area contributed by atoms with Crippen LogP contribution in [0.25, 0.3) is 5.69 Å². The summed E-state index contributed by atoms with van der Waals surface area (Å²) in [6.07, 6.45) is -0.313. The highest BCUT2D eigenvalue weighted by molar-refractivity contribution is 6.04. The van der Waals surface area contributed by atoms with E-state index in [0.717, 1.165) is 6.07 Å². The summed E-state index contributed by atoms with van der Waals surface area (Å²) in [6, 6.07) is 8.32. The van der Waals surface area contributed by atoms with Crippen LogP contribution in [-0.2, 0) is 6.18 Å². The van der Waals surface area contributed by atoms with Crippen molar-refractivity contribution in [2.45, 2.75) is 13.1 Å². The fourth-order valence-corrected chi connectivity index (χ4v) is 2.24. The number of amides is 1. The second kappa shape index (κ2) is 6.39. The molecular weight excluding hydrogens is 333 g/mol. The maximum atomic E-state index is 13.4. The number of carbonyl (C=O) groups excluding carboxylic acids is 1. The normalized spacial score (nSPS) is 11.4. The fourth-order valence-electron chi connectivity index (χ4n) is 2.24. The lowest BCUT2D eigenvalue weighted by Crippen LogP contribution is -2.17. The van der Waals surface area contributed by atoms with Gasteiger partial charge in [0, 0.05) is 24.3 Å². The Bertz CT molecular complexity index is 887. The van der Waals surface area contributed by atoms with Crippen molar-refractivity contribution in [3.05, 3.63) is 71.8 Å². The molecule has 0 spiro atoms. The number of anilines is 1. The number of aryl methyl sites for hydroxylation is 1. The molecule has 2 aromatic heterocycles. The molecule has 8 heteroatoms. The van der Waals surface area contributed by atoms with Crippen LogP contribution in [0.15, 0.2) is 55.0 Å². The zero-order valence-electron chi connectivity index (χ0n) is 13.1. The second-order valence-electron chi connectivity index (χ2n) is 5.32. The van der Waals surface area contributed by atoms with Gasteiger partial charge in [-0.2, -0.15) is 18.3 Å². The van der Waals surface area contributed by atoms with Gasteiger partial charge in [0.25, 0.3) is 5.91 Å². The molecule has 3 aromatic rings. The lowest BCUT2D eigenvalue weighted by Gasteiger charge is -2.15. The Morgan fingerprint density at radius 1 is 1.20 bits per heavy atom. The number of nitrogens with zero attached hydrogens (tertiary/aromatic N) is 3. The van der Waals surface area contributed by atoms with Crippen LogP contribution >= 0.6 is 0 Å². The molecule has 1 N–H and O–H groups in total. The molecule has 2 heterocycles. The van der Waals surface area contributed by atoms with Crippen LogP contribution in [0.5, 0.6) is 0 Å². The molecule has 0 radical (unpaired) electrons. The van der Waals surface area contributed by atoms with Crippen molar-refractivity contribution in [1.29, 1.82) is 0 Å². The first-order valence-electron chi connectivity index (χ1n) is 7.30. The van der Waals surface area contributed by atoms with Gasteiger partial charge in [-0.05, 0) is 43.3 Å². The van der Waals surface area contributed by atoms with E-state index >= 15 is 0 Å². The van der Waals surface area contributed by atoms with Crippen molar-refractivity contribution >= 4 is 11.6 Å². The van der Waals surface area contributed by atoms with Crippen LogP contribution in [-0.4, -0.2) is 20.7 Å². The van der Waals surface area contributed by atoms with Crippen molar-refractivity contribution < 1.29 is 18.0 Å². The summed E-state index contributed by atoms with van der Waals surface area (Å²) < 4.78 is 41.5. The van der Waals surface area contributed by atoms with Gasteiger partial charge in [-0.1, -0.05) is 0 Å². The first-order chi connectivity index (χ1) is 11.8. The van der Waals surface area contributed by atoms with E-state index < -0.39 is 17.6 Å². The minimum atomic E-state index is -4.63. The van der Waals surface area contributed by atoms with Crippen molar-refractivity contribution in [2.24, 2.45) is 0 Å². The van der Waals surface area contributed by atoms with Gasteiger partial charge in [-0.25, -0.2) is 4.68 Å². The number of hydrogen-bond donors (Lipinski definition) is 1. The van der Waals surface area contributed by atoms with E-state index in [2.05, 4.69) is 15.4 Å². The molecule has 5 nitrogen and oxygen atoms in total. The lowest BCUT2D eigenvalue weighted by atomic mass is 10.1. The molecule has 0 aliphatic rings. The maximum absolute atomic E-state index is 13.4. The van der Waals surface area contributed by atoms with Gasteiger partial charge in [0.2, 0.25) is 0 Å². The van der Waals surface area contributed by atoms with E-state index in [1.165, 1.54) is 41.5 Å². The Morgan fingerprint density at radius 3 is 2.60 bits per heavy atom. The van der Waals surface area contributed by atoms with Gasteiger partial charge in [-0.15, -0.1) is 0 Å². The van der Waals surface area contributed by atoms with E-state index in [1.807, 2.05) is 0 Å². The van der Waals surface area contributed by atoms with Crippen LogP contribution in [0.2, 0.25) is 0 Å². The third-order valence-electron chi connectivity index (χ3n) is 3.50. The number of benzene rings is 1. The summed E-state index contributed by atoms with van der Waals surface area (Å²) in [6.45, 7) is 1.75. The second-order valence-corrected chi connectivity index (χ2v) is 5.32. The minimum absolute atomic E-state index is 0.176. The zero-order valence-corrected chi connectivity index (χ0v) is 13.1. The monoisotopic (exact) mass is 346 g/mol. The number of halogens is 3. The third kappa shape index (κ3) is 3.68. The number of carbonyl (C=O) groups is 1. The Kier molecular flexibility index (Phi) is 4.26. The molecule has 0 aliphatic carbocycles. The number of nitrogens with one attached hydrogen (secondary N) is 1. The van der Waals surface area contributed by atoms with Crippen LogP contribution in [0.1, 0.15) is 21.6 Å². The number of rotatable bonds is 3. The zero-order chi connectivity index (χ0) is 18.0. The molecule has 0 aliphatic heterocycles. The Balaban J connectivity index is 1.95. The molecule has 128 valence electrons. The Hall–Kier alpha value is -3.16. The molecule has 0 fully saturated rings. The largest absolute Gasteiger partial charge is 0.418 e. The highest BCUT2D eigenvalue weighted by Gasteiger charge is 2.34. The molecule has 0 atom stereocenters. The van der Waals surface area contributed by atoms with Crippen molar-refractivity contribution in [3.63, 3.8) is 0 Å². The van der Waals surface area contributed by atoms with Crippen LogP contribution in [0.3, 0.4) is 0 Å². The molecule has 0 saturated carbocycles. The van der Waals surface area contributed by atoms with E-state index in [1.54, 1.807) is 19.1 Å². The number of pyridine rings is 1. The molecule has 1 amide bonds. The van der Waals surface area contributed by atoms with E-state index in [4.69, 9.17) is 0 Å². The van der Waals surface area contributed by atoms with Gasteiger partial charge in [0.1, 0.15) is 0 Å². The van der Waals surface area contributed by atoms with Crippen LogP contribution in [0, 0.1) is 6.92 Å². The summed E-state index contributed by atoms with van der Waals surface area (Å²) in [5.74, 6) is -0.662.